The van der Waals surface area contributed by atoms with Crippen LogP contribution in [0.3, 0.4) is 0 Å². The highest BCUT2D eigenvalue weighted by atomic mass is 32.1. The number of hydrogen-bond donors (Lipinski definition) is 1. The number of thiazole rings is 1. The van der Waals surface area contributed by atoms with Gasteiger partial charge < -0.3 is 5.32 Å². The number of aromatic nitrogens is 1. The number of carbonyl (C=O) groups is 1. The Hall–Kier alpha value is -2.50. The third kappa shape index (κ3) is 3.84. The summed E-state index contributed by atoms with van der Waals surface area (Å²) in [6.45, 7) is 1.79. The Labute approximate surface area is 157 Å². The SMILES string of the molecule is O=C(Nc1ccc(-c2cscn2)cc1)C1CCCN1Cc1ccccc1. The molecule has 4 rings (SSSR count). The van der Waals surface area contributed by atoms with Gasteiger partial charge in [-0.15, -0.1) is 11.3 Å². The van der Waals surface area contributed by atoms with Gasteiger partial charge >= 0.3 is 0 Å². The number of hydrogen-bond acceptors (Lipinski definition) is 4. The number of benzene rings is 2. The van der Waals surface area contributed by atoms with Crippen molar-refractivity contribution in [3.8, 4) is 11.3 Å². The number of amides is 1. The summed E-state index contributed by atoms with van der Waals surface area (Å²) in [6, 6.07) is 18.2. The Morgan fingerprint density at radius 2 is 1.96 bits per heavy atom. The Morgan fingerprint density at radius 1 is 1.15 bits per heavy atom. The van der Waals surface area contributed by atoms with Crippen LogP contribution < -0.4 is 5.32 Å². The summed E-state index contributed by atoms with van der Waals surface area (Å²) in [5.41, 5.74) is 5.95. The molecule has 26 heavy (non-hydrogen) atoms. The van der Waals surface area contributed by atoms with Gasteiger partial charge in [-0.3, -0.25) is 9.69 Å². The highest BCUT2D eigenvalue weighted by Gasteiger charge is 2.30. The zero-order valence-corrected chi connectivity index (χ0v) is 15.3. The molecule has 4 nitrogen and oxygen atoms in total. The largest absolute Gasteiger partial charge is 0.325 e. The van der Waals surface area contributed by atoms with Crippen LogP contribution in [0.25, 0.3) is 11.3 Å². The predicted octanol–water partition coefficient (Wildman–Crippen LogP) is 4.41. The second kappa shape index (κ2) is 7.81. The molecule has 1 N–H and O–H groups in total. The number of nitrogens with one attached hydrogen (secondary N) is 1. The summed E-state index contributed by atoms with van der Waals surface area (Å²) in [6.07, 6.45) is 1.98. The lowest BCUT2D eigenvalue weighted by Crippen LogP contribution is -2.39. The van der Waals surface area contributed by atoms with Gasteiger partial charge in [0.25, 0.3) is 0 Å². The van der Waals surface area contributed by atoms with Crippen LogP contribution in [0, 0.1) is 0 Å². The van der Waals surface area contributed by atoms with Crippen molar-refractivity contribution in [1.29, 1.82) is 0 Å². The molecule has 2 heterocycles. The molecule has 5 heteroatoms. The molecule has 3 aromatic rings. The molecule has 1 aromatic heterocycles. The fourth-order valence-electron chi connectivity index (χ4n) is 3.44. The van der Waals surface area contributed by atoms with Gasteiger partial charge in [0.15, 0.2) is 0 Å². The number of likely N-dealkylation sites (tertiary alicyclic amines) is 1. The Kier molecular flexibility index (Phi) is 5.09. The van der Waals surface area contributed by atoms with Gasteiger partial charge in [0.2, 0.25) is 5.91 Å². The zero-order valence-electron chi connectivity index (χ0n) is 14.5. The van der Waals surface area contributed by atoms with E-state index in [0.717, 1.165) is 42.9 Å². The van der Waals surface area contributed by atoms with Crippen molar-refractivity contribution in [3.63, 3.8) is 0 Å². The Bertz CT molecular complexity index is 847. The number of nitrogens with zero attached hydrogens (tertiary/aromatic N) is 2. The molecule has 0 spiro atoms. The summed E-state index contributed by atoms with van der Waals surface area (Å²) < 4.78 is 0. The maximum absolute atomic E-state index is 12.8. The molecule has 1 fully saturated rings. The van der Waals surface area contributed by atoms with Crippen LogP contribution in [0.2, 0.25) is 0 Å². The van der Waals surface area contributed by atoms with E-state index >= 15 is 0 Å². The predicted molar refractivity (Wildman–Crippen MR) is 106 cm³/mol. The first-order valence-corrected chi connectivity index (χ1v) is 9.81. The average Bonchev–Trinajstić information content (AvgIpc) is 3.35. The van der Waals surface area contributed by atoms with Crippen LogP contribution in [-0.4, -0.2) is 28.4 Å². The van der Waals surface area contributed by atoms with Crippen molar-refractivity contribution in [1.82, 2.24) is 9.88 Å². The fraction of sp³-hybridized carbons (Fsp3) is 0.238. The van der Waals surface area contributed by atoms with E-state index in [1.54, 1.807) is 11.3 Å². The Morgan fingerprint density at radius 3 is 2.69 bits per heavy atom. The van der Waals surface area contributed by atoms with Crippen LogP contribution >= 0.6 is 11.3 Å². The smallest absolute Gasteiger partial charge is 0.241 e. The van der Waals surface area contributed by atoms with E-state index in [2.05, 4.69) is 27.3 Å². The normalized spacial score (nSPS) is 17.3. The van der Waals surface area contributed by atoms with Crippen molar-refractivity contribution in [2.24, 2.45) is 0 Å². The minimum absolute atomic E-state index is 0.0616. The quantitative estimate of drug-likeness (QED) is 0.730. The van der Waals surface area contributed by atoms with Crippen molar-refractivity contribution in [3.05, 3.63) is 71.1 Å². The lowest BCUT2D eigenvalue weighted by Gasteiger charge is -2.23. The lowest BCUT2D eigenvalue weighted by molar-refractivity contribution is -0.120. The van der Waals surface area contributed by atoms with Gasteiger partial charge in [-0.05, 0) is 37.1 Å². The van der Waals surface area contributed by atoms with E-state index in [-0.39, 0.29) is 11.9 Å². The monoisotopic (exact) mass is 363 g/mol. The molecular formula is C21H21N3OS. The number of anilines is 1. The van der Waals surface area contributed by atoms with Crippen molar-refractivity contribution in [2.75, 3.05) is 11.9 Å². The highest BCUT2D eigenvalue weighted by Crippen LogP contribution is 2.24. The third-order valence-electron chi connectivity index (χ3n) is 4.78. The molecule has 1 amide bonds. The van der Waals surface area contributed by atoms with Gasteiger partial charge in [-0.25, -0.2) is 4.98 Å². The third-order valence-corrected chi connectivity index (χ3v) is 5.36. The van der Waals surface area contributed by atoms with Crippen LogP contribution in [0.5, 0.6) is 0 Å². The topological polar surface area (TPSA) is 45.2 Å². The van der Waals surface area contributed by atoms with Crippen LogP contribution in [0.15, 0.2) is 65.5 Å². The minimum Gasteiger partial charge on any atom is -0.325 e. The van der Waals surface area contributed by atoms with Gasteiger partial charge in [0.1, 0.15) is 0 Å². The van der Waals surface area contributed by atoms with E-state index in [1.807, 2.05) is 53.4 Å². The molecule has 1 aliphatic heterocycles. The lowest BCUT2D eigenvalue weighted by atomic mass is 10.1. The van der Waals surface area contributed by atoms with Gasteiger partial charge in [0.05, 0.1) is 17.2 Å². The van der Waals surface area contributed by atoms with E-state index in [1.165, 1.54) is 5.56 Å². The van der Waals surface area contributed by atoms with Gasteiger partial charge in [0, 0.05) is 23.2 Å². The summed E-state index contributed by atoms with van der Waals surface area (Å²) in [4.78, 5) is 19.4. The van der Waals surface area contributed by atoms with Crippen LogP contribution in [0.4, 0.5) is 5.69 Å². The molecule has 0 aliphatic carbocycles. The van der Waals surface area contributed by atoms with E-state index in [4.69, 9.17) is 0 Å². The van der Waals surface area contributed by atoms with Crippen molar-refractivity contribution < 1.29 is 4.79 Å². The van der Waals surface area contributed by atoms with Gasteiger partial charge in [-0.1, -0.05) is 42.5 Å². The van der Waals surface area contributed by atoms with Crippen molar-refractivity contribution >= 4 is 22.9 Å². The Balaban J connectivity index is 1.40. The molecule has 1 aliphatic rings. The summed E-state index contributed by atoms with van der Waals surface area (Å²) in [5, 5.41) is 5.10. The first kappa shape index (κ1) is 16.9. The standard InChI is InChI=1S/C21H21N3OS/c25-21(20-7-4-12-24(20)13-16-5-2-1-3-6-16)23-18-10-8-17(9-11-18)19-14-26-15-22-19/h1-3,5-6,8-11,14-15,20H,4,7,12-13H2,(H,23,25). The van der Waals surface area contributed by atoms with E-state index in [0.29, 0.717) is 0 Å². The van der Waals surface area contributed by atoms with Gasteiger partial charge in [-0.2, -0.15) is 0 Å². The first-order chi connectivity index (χ1) is 12.8. The summed E-state index contributed by atoms with van der Waals surface area (Å²) >= 11 is 1.58. The maximum atomic E-state index is 12.8. The fourth-order valence-corrected chi connectivity index (χ4v) is 4.00. The number of rotatable bonds is 5. The average molecular weight is 363 g/mol. The molecule has 0 saturated carbocycles. The number of carbonyl (C=O) groups excluding carboxylic acids is 1. The zero-order chi connectivity index (χ0) is 17.8. The second-order valence-corrected chi connectivity index (χ2v) is 7.27. The molecule has 1 unspecified atom stereocenters. The molecule has 1 saturated heterocycles. The van der Waals surface area contributed by atoms with E-state index < -0.39 is 0 Å². The van der Waals surface area contributed by atoms with E-state index in [9.17, 15) is 4.79 Å². The molecule has 0 radical (unpaired) electrons. The molecule has 1 atom stereocenters. The van der Waals surface area contributed by atoms with Crippen molar-refractivity contribution in [2.45, 2.75) is 25.4 Å². The maximum Gasteiger partial charge on any atom is 0.241 e. The molecule has 132 valence electrons. The first-order valence-electron chi connectivity index (χ1n) is 8.87. The second-order valence-electron chi connectivity index (χ2n) is 6.55. The molecular weight excluding hydrogens is 342 g/mol. The minimum atomic E-state index is -0.0616. The van der Waals surface area contributed by atoms with Crippen LogP contribution in [0.1, 0.15) is 18.4 Å². The summed E-state index contributed by atoms with van der Waals surface area (Å²) in [7, 11) is 0. The molecule has 0 bridgehead atoms. The summed E-state index contributed by atoms with van der Waals surface area (Å²) in [5.74, 6) is 0.0832. The van der Waals surface area contributed by atoms with Crippen LogP contribution in [-0.2, 0) is 11.3 Å². The highest BCUT2D eigenvalue weighted by molar-refractivity contribution is 7.07. The molecule has 2 aromatic carbocycles.